The third kappa shape index (κ3) is 2.15. The maximum atomic E-state index is 11.8. The van der Waals surface area contributed by atoms with Gasteiger partial charge in [0.15, 0.2) is 0 Å². The Hall–Kier alpha value is -2.06. The molecular formula is C14H18N4O. The first-order chi connectivity index (χ1) is 8.97. The third-order valence-corrected chi connectivity index (χ3v) is 3.76. The number of nitrogens with two attached hydrogens (primary N) is 1. The molecule has 1 aromatic carbocycles. The summed E-state index contributed by atoms with van der Waals surface area (Å²) in [5.74, 6) is -0.0834. The fourth-order valence-corrected chi connectivity index (χ4v) is 2.29. The Morgan fingerprint density at radius 2 is 2.26 bits per heavy atom. The highest BCUT2D eigenvalue weighted by Crippen LogP contribution is 2.36. The molecule has 0 bridgehead atoms. The smallest absolute Gasteiger partial charge is 0.248 e. The molecule has 1 aliphatic rings. The van der Waals surface area contributed by atoms with Crippen molar-refractivity contribution in [3.05, 3.63) is 23.8 Å². The molecular weight excluding hydrogens is 240 g/mol. The average Bonchev–Trinajstić information content (AvgIpc) is 2.63. The Morgan fingerprint density at radius 3 is 2.89 bits per heavy atom. The first kappa shape index (κ1) is 13.4. The molecule has 0 spiro atoms. The largest absolute Gasteiger partial charge is 0.371 e. The maximum Gasteiger partial charge on any atom is 0.248 e. The minimum atomic E-state index is -0.559. The Labute approximate surface area is 113 Å². The number of carbonyl (C=O) groups excluding carboxylic acids is 1. The summed E-state index contributed by atoms with van der Waals surface area (Å²) in [5.41, 5.74) is 8.56. The van der Waals surface area contributed by atoms with Crippen molar-refractivity contribution in [2.24, 2.45) is 5.73 Å². The summed E-state index contributed by atoms with van der Waals surface area (Å²) in [5, 5.41) is 8.75. The highest BCUT2D eigenvalue weighted by Gasteiger charge is 2.32. The zero-order valence-corrected chi connectivity index (χ0v) is 11.4. The normalized spacial score (nSPS) is 19.0. The van der Waals surface area contributed by atoms with Crippen LogP contribution in [-0.2, 0) is 4.79 Å². The molecule has 2 N–H and O–H groups in total. The molecule has 0 saturated heterocycles. The lowest BCUT2D eigenvalue weighted by Crippen LogP contribution is -2.29. The average molecular weight is 258 g/mol. The molecule has 100 valence electrons. The van der Waals surface area contributed by atoms with Gasteiger partial charge >= 0.3 is 0 Å². The fraction of sp³-hybridized carbons (Fsp3) is 0.429. The second kappa shape index (κ2) is 4.90. The van der Waals surface area contributed by atoms with Crippen LogP contribution in [0, 0.1) is 11.3 Å². The first-order valence-electron chi connectivity index (χ1n) is 6.24. The van der Waals surface area contributed by atoms with Crippen LogP contribution in [0.2, 0.25) is 0 Å². The summed E-state index contributed by atoms with van der Waals surface area (Å²) in [4.78, 5) is 15.4. The van der Waals surface area contributed by atoms with Gasteiger partial charge in [-0.3, -0.25) is 4.79 Å². The van der Waals surface area contributed by atoms with Crippen LogP contribution in [0.4, 0.5) is 11.4 Å². The first-order valence-corrected chi connectivity index (χ1v) is 6.24. The van der Waals surface area contributed by atoms with Crippen molar-refractivity contribution >= 4 is 17.3 Å². The molecule has 5 nitrogen and oxygen atoms in total. The molecule has 2 rings (SSSR count). The van der Waals surface area contributed by atoms with Gasteiger partial charge in [0.05, 0.1) is 18.2 Å². The molecule has 1 aromatic rings. The summed E-state index contributed by atoms with van der Waals surface area (Å²) in [6, 6.07) is 7.52. The van der Waals surface area contributed by atoms with Crippen molar-refractivity contribution in [3.8, 4) is 6.07 Å². The zero-order valence-electron chi connectivity index (χ0n) is 11.4. The quantitative estimate of drug-likeness (QED) is 0.889. The molecule has 2 atom stereocenters. The predicted octanol–water partition coefficient (Wildman–Crippen LogP) is 1.40. The van der Waals surface area contributed by atoms with Crippen LogP contribution in [0.1, 0.15) is 24.9 Å². The van der Waals surface area contributed by atoms with E-state index in [0.717, 1.165) is 16.9 Å². The van der Waals surface area contributed by atoms with Gasteiger partial charge in [0.1, 0.15) is 6.04 Å². The van der Waals surface area contributed by atoms with E-state index in [-0.39, 0.29) is 11.9 Å². The Balaban J connectivity index is 2.33. The summed E-state index contributed by atoms with van der Waals surface area (Å²) < 4.78 is 0. The van der Waals surface area contributed by atoms with E-state index in [2.05, 4.69) is 6.07 Å². The molecule has 0 radical (unpaired) electrons. The molecule has 1 aliphatic heterocycles. The van der Waals surface area contributed by atoms with E-state index in [1.807, 2.05) is 37.1 Å². The number of hydrogen-bond acceptors (Lipinski definition) is 4. The number of rotatable bonds is 3. The number of carbonyl (C=O) groups is 1. The number of nitrogens with zero attached hydrogens (tertiary/aromatic N) is 3. The van der Waals surface area contributed by atoms with Gasteiger partial charge in [0.25, 0.3) is 0 Å². The van der Waals surface area contributed by atoms with Gasteiger partial charge in [-0.05, 0) is 19.1 Å². The van der Waals surface area contributed by atoms with Crippen LogP contribution in [0.3, 0.4) is 0 Å². The minimum absolute atomic E-state index is 0.0834. The highest BCUT2D eigenvalue weighted by molar-refractivity contribution is 6.04. The topological polar surface area (TPSA) is 73.4 Å². The van der Waals surface area contributed by atoms with Crippen LogP contribution in [-0.4, -0.2) is 26.0 Å². The van der Waals surface area contributed by atoms with E-state index in [9.17, 15) is 4.79 Å². The van der Waals surface area contributed by atoms with Crippen molar-refractivity contribution in [2.75, 3.05) is 23.9 Å². The SMILES string of the molecule is CC(CC#N)N(C)c1ccc2c(c1)N(C)C(=O)C2N. The monoisotopic (exact) mass is 258 g/mol. The van der Waals surface area contributed by atoms with Crippen LogP contribution < -0.4 is 15.5 Å². The van der Waals surface area contributed by atoms with Gasteiger partial charge in [-0.2, -0.15) is 5.26 Å². The summed E-state index contributed by atoms with van der Waals surface area (Å²) in [6.45, 7) is 2.00. The van der Waals surface area contributed by atoms with Gasteiger partial charge in [-0.15, -0.1) is 0 Å². The number of fused-ring (bicyclic) bond motifs is 1. The van der Waals surface area contributed by atoms with E-state index >= 15 is 0 Å². The number of hydrogen-bond donors (Lipinski definition) is 1. The van der Waals surface area contributed by atoms with Gasteiger partial charge in [-0.25, -0.2) is 0 Å². The Kier molecular flexibility index (Phi) is 3.45. The molecule has 0 fully saturated rings. The van der Waals surface area contributed by atoms with Crippen molar-refractivity contribution in [2.45, 2.75) is 25.4 Å². The summed E-state index contributed by atoms with van der Waals surface area (Å²) in [6.07, 6.45) is 0.460. The van der Waals surface area contributed by atoms with E-state index < -0.39 is 6.04 Å². The number of amides is 1. The number of nitriles is 1. The molecule has 5 heteroatoms. The lowest BCUT2D eigenvalue weighted by Gasteiger charge is -2.26. The van der Waals surface area contributed by atoms with Crippen molar-refractivity contribution in [1.29, 1.82) is 5.26 Å². The van der Waals surface area contributed by atoms with E-state index in [0.29, 0.717) is 6.42 Å². The van der Waals surface area contributed by atoms with E-state index in [1.54, 1.807) is 11.9 Å². The molecule has 1 amide bonds. The third-order valence-electron chi connectivity index (χ3n) is 3.76. The zero-order chi connectivity index (χ0) is 14.2. The van der Waals surface area contributed by atoms with Crippen LogP contribution in [0.15, 0.2) is 18.2 Å². The lowest BCUT2D eigenvalue weighted by molar-refractivity contribution is -0.118. The second-order valence-corrected chi connectivity index (χ2v) is 4.94. The molecule has 0 saturated carbocycles. The Morgan fingerprint density at radius 1 is 1.58 bits per heavy atom. The number of benzene rings is 1. The predicted molar refractivity (Wildman–Crippen MR) is 74.9 cm³/mol. The van der Waals surface area contributed by atoms with Crippen LogP contribution in [0.25, 0.3) is 0 Å². The molecule has 1 heterocycles. The second-order valence-electron chi connectivity index (χ2n) is 4.94. The van der Waals surface area contributed by atoms with Crippen LogP contribution >= 0.6 is 0 Å². The van der Waals surface area contributed by atoms with Gasteiger partial charge in [0, 0.05) is 31.4 Å². The van der Waals surface area contributed by atoms with E-state index in [4.69, 9.17) is 11.0 Å². The minimum Gasteiger partial charge on any atom is -0.371 e. The van der Waals surface area contributed by atoms with Crippen LogP contribution in [0.5, 0.6) is 0 Å². The van der Waals surface area contributed by atoms with E-state index in [1.165, 1.54) is 0 Å². The molecule has 0 aliphatic carbocycles. The van der Waals surface area contributed by atoms with Crippen molar-refractivity contribution < 1.29 is 4.79 Å². The molecule has 19 heavy (non-hydrogen) atoms. The summed E-state index contributed by atoms with van der Waals surface area (Å²) in [7, 11) is 3.68. The van der Waals surface area contributed by atoms with Gasteiger partial charge < -0.3 is 15.5 Å². The molecule has 0 aromatic heterocycles. The van der Waals surface area contributed by atoms with Gasteiger partial charge in [-0.1, -0.05) is 6.07 Å². The Bertz CT molecular complexity index is 549. The molecule has 2 unspecified atom stereocenters. The number of likely N-dealkylation sites (N-methyl/N-ethyl adjacent to an activating group) is 1. The maximum absolute atomic E-state index is 11.8. The van der Waals surface area contributed by atoms with Gasteiger partial charge in [0.2, 0.25) is 5.91 Å². The number of anilines is 2. The van der Waals surface area contributed by atoms with Crippen molar-refractivity contribution in [1.82, 2.24) is 0 Å². The van der Waals surface area contributed by atoms with Crippen molar-refractivity contribution in [3.63, 3.8) is 0 Å². The standard InChI is InChI=1S/C14H18N4O/c1-9(6-7-15)17(2)10-4-5-11-12(8-10)18(3)14(19)13(11)16/h4-5,8-9,13H,6,16H2,1-3H3. The highest BCUT2D eigenvalue weighted by atomic mass is 16.2. The lowest BCUT2D eigenvalue weighted by atomic mass is 10.1. The summed E-state index contributed by atoms with van der Waals surface area (Å²) >= 11 is 0. The fourth-order valence-electron chi connectivity index (χ4n) is 2.29.